The number of aromatic hydroxyl groups is 1. The van der Waals surface area contributed by atoms with E-state index in [1.54, 1.807) is 0 Å². The number of hydrogen-bond donors (Lipinski definition) is 1. The molecule has 66 valence electrons. The number of rotatable bonds is 1. The van der Waals surface area contributed by atoms with Gasteiger partial charge in [0, 0.05) is 0 Å². The summed E-state index contributed by atoms with van der Waals surface area (Å²) in [6.45, 7) is -3.67. The molecule has 0 radical (unpaired) electrons. The van der Waals surface area contributed by atoms with Crippen molar-refractivity contribution in [3.63, 3.8) is 0 Å². The molecule has 0 fully saturated rings. The van der Waals surface area contributed by atoms with E-state index in [0.717, 1.165) is 6.07 Å². The molecule has 0 heterocycles. The van der Waals surface area contributed by atoms with Crippen molar-refractivity contribution in [2.24, 2.45) is 0 Å². The maximum atomic E-state index is 12.1. The van der Waals surface area contributed by atoms with E-state index in [4.69, 9.17) is 5.11 Å². The summed E-state index contributed by atoms with van der Waals surface area (Å²) in [6, 6.07) is 3.59. The van der Waals surface area contributed by atoms with E-state index in [-0.39, 0.29) is 56.9 Å². The summed E-state index contributed by atoms with van der Waals surface area (Å²) >= 11 is 0. The quantitative estimate of drug-likeness (QED) is 0.580. The molecular weight excluding hydrogens is 207 g/mol. The average molecular weight is 214 g/mol. The summed E-state index contributed by atoms with van der Waals surface area (Å²) in [5, 5.41) is 9.03. The van der Waals surface area contributed by atoms with Gasteiger partial charge in [0.25, 0.3) is 0 Å². The molecule has 0 aromatic heterocycles. The first-order chi connectivity index (χ1) is 5.43. The number of halogens is 3. The Hall–Kier alpha value is 0.511. The van der Waals surface area contributed by atoms with Crippen molar-refractivity contribution in [1.82, 2.24) is 0 Å². The van der Waals surface area contributed by atoms with E-state index in [1.807, 2.05) is 0 Å². The monoisotopic (exact) mass is 214 g/mol. The van der Waals surface area contributed by atoms with E-state index < -0.39 is 18.2 Å². The van der Waals surface area contributed by atoms with Gasteiger partial charge in [-0.05, 0) is 12.5 Å². The second-order valence-corrected chi connectivity index (χ2v) is 2.59. The van der Waals surface area contributed by atoms with Crippen LogP contribution in [-0.2, 0) is 0 Å². The van der Waals surface area contributed by atoms with Crippen LogP contribution in [0.4, 0.5) is 12.9 Å². The number of phenols is 1. The van der Waals surface area contributed by atoms with Crippen LogP contribution in [0.2, 0.25) is 0 Å². The Morgan fingerprint density at radius 3 is 2.15 bits per heavy atom. The van der Waals surface area contributed by atoms with Crippen molar-refractivity contribution in [2.75, 3.05) is 0 Å². The van der Waals surface area contributed by atoms with Crippen molar-refractivity contribution in [2.45, 2.75) is 6.92 Å². The maximum absolute atomic E-state index is 12.1. The Morgan fingerprint density at radius 1 is 1.23 bits per heavy atom. The molecule has 0 unspecified atom stereocenters. The van der Waals surface area contributed by atoms with E-state index in [2.05, 4.69) is 0 Å². The van der Waals surface area contributed by atoms with Crippen LogP contribution in [0, 0.1) is 6.92 Å². The van der Waals surface area contributed by atoms with Gasteiger partial charge in [0.15, 0.2) is 0 Å². The first-order valence-electron chi connectivity index (χ1n) is 3.41. The van der Waals surface area contributed by atoms with Crippen molar-refractivity contribution < 1.29 is 69.4 Å². The van der Waals surface area contributed by atoms with Gasteiger partial charge in [-0.3, -0.25) is 0 Å². The molecule has 0 saturated carbocycles. The fourth-order valence-corrected chi connectivity index (χ4v) is 0.946. The zero-order chi connectivity index (χ0) is 9.35. The summed E-state index contributed by atoms with van der Waals surface area (Å²) in [5.41, 5.74) is -0.679. The Balaban J connectivity index is 0.00000144. The van der Waals surface area contributed by atoms with Gasteiger partial charge in [-0.25, -0.2) is 0 Å². The largest absolute Gasteiger partial charge is 1.00 e. The second kappa shape index (κ2) is 4.84. The zero-order valence-corrected chi connectivity index (χ0v) is 10.5. The van der Waals surface area contributed by atoms with Gasteiger partial charge < -0.3 is 18.1 Å². The average Bonchev–Trinajstić information content (AvgIpc) is 1.92. The number of para-hydroxylation sites is 1. The molecule has 1 aromatic rings. The van der Waals surface area contributed by atoms with Gasteiger partial charge in [-0.15, -0.1) is 0 Å². The molecule has 13 heavy (non-hydrogen) atoms. The Morgan fingerprint density at radius 2 is 1.77 bits per heavy atom. The minimum absolute atomic E-state index is 0. The summed E-state index contributed by atoms with van der Waals surface area (Å²) in [4.78, 5) is 0. The van der Waals surface area contributed by atoms with Crippen molar-refractivity contribution in [3.8, 4) is 5.75 Å². The van der Waals surface area contributed by atoms with Gasteiger partial charge in [0.2, 0.25) is 0 Å². The van der Waals surface area contributed by atoms with Gasteiger partial charge >= 0.3 is 58.4 Å². The summed E-state index contributed by atoms with van der Waals surface area (Å²) in [6.07, 6.45) is 0. The zero-order valence-electron chi connectivity index (χ0n) is 7.39. The van der Waals surface area contributed by atoms with Crippen LogP contribution in [0.15, 0.2) is 18.2 Å². The topological polar surface area (TPSA) is 20.2 Å². The van der Waals surface area contributed by atoms with E-state index >= 15 is 0 Å². The van der Waals surface area contributed by atoms with Crippen LogP contribution >= 0.6 is 0 Å². The fourth-order valence-electron chi connectivity index (χ4n) is 0.946. The maximum Gasteiger partial charge on any atom is 1.00 e. The third kappa shape index (κ3) is 3.29. The number of phenolic OH excluding ortho intramolecular Hbond substituents is 1. The molecule has 0 saturated heterocycles. The van der Waals surface area contributed by atoms with Gasteiger partial charge in [-0.1, -0.05) is 23.7 Å². The third-order valence-electron chi connectivity index (χ3n) is 1.62. The molecule has 1 N–H and O–H groups in total. The van der Waals surface area contributed by atoms with Crippen molar-refractivity contribution in [3.05, 3.63) is 23.8 Å². The molecule has 1 nitrogen and oxygen atoms in total. The van der Waals surface area contributed by atoms with Gasteiger partial charge in [0.05, 0.1) is 5.75 Å². The third-order valence-corrected chi connectivity index (χ3v) is 1.62. The number of benzene rings is 1. The fraction of sp³-hybridized carbons (Fsp3) is 0.143. The normalized spacial score (nSPS) is 10.8. The molecule has 0 amide bonds. The summed E-state index contributed by atoms with van der Waals surface area (Å²) in [7, 11) is 0. The SMILES string of the molecule is Cc1cccc([B-](F)(F)F)c1O.[K+]. The molecule has 0 bridgehead atoms. The molecule has 0 aliphatic heterocycles. The number of hydrogen-bond acceptors (Lipinski definition) is 1. The second-order valence-electron chi connectivity index (χ2n) is 2.59. The summed E-state index contributed by atoms with van der Waals surface area (Å²) < 4.78 is 36.4. The minimum atomic E-state index is -5.10. The van der Waals surface area contributed by atoms with Crippen LogP contribution in [0.5, 0.6) is 5.75 Å². The molecule has 1 rings (SSSR count). The van der Waals surface area contributed by atoms with E-state index in [0.29, 0.717) is 0 Å². The van der Waals surface area contributed by atoms with E-state index in [9.17, 15) is 12.9 Å². The molecule has 6 heteroatoms. The smallest absolute Gasteiger partial charge is 0.511 e. The van der Waals surface area contributed by atoms with Crippen molar-refractivity contribution in [1.29, 1.82) is 0 Å². The molecule has 0 atom stereocenters. The first-order valence-corrected chi connectivity index (χ1v) is 3.41. The van der Waals surface area contributed by atoms with Crippen LogP contribution in [0.25, 0.3) is 0 Å². The Bertz CT molecular complexity index is 300. The summed E-state index contributed by atoms with van der Waals surface area (Å²) in [5.74, 6) is -0.662. The molecule has 0 aliphatic carbocycles. The Kier molecular flexibility index (Phi) is 5.03. The minimum Gasteiger partial charge on any atom is -0.511 e. The molecule has 1 aromatic carbocycles. The van der Waals surface area contributed by atoms with Gasteiger partial charge in [-0.2, -0.15) is 0 Å². The van der Waals surface area contributed by atoms with Crippen LogP contribution in [0.3, 0.4) is 0 Å². The first kappa shape index (κ1) is 13.5. The van der Waals surface area contributed by atoms with Gasteiger partial charge in [0.1, 0.15) is 0 Å². The molecule has 0 aliphatic rings. The number of aryl methyl sites for hydroxylation is 1. The van der Waals surface area contributed by atoms with Crippen LogP contribution < -0.4 is 56.8 Å². The Labute approximate surface area is 117 Å². The predicted octanol–water partition coefficient (Wildman–Crippen LogP) is -1.24. The van der Waals surface area contributed by atoms with Crippen LogP contribution in [0.1, 0.15) is 5.56 Å². The van der Waals surface area contributed by atoms with Crippen LogP contribution in [-0.4, -0.2) is 12.1 Å². The van der Waals surface area contributed by atoms with Crippen molar-refractivity contribution >= 4 is 12.4 Å². The predicted molar refractivity (Wildman–Crippen MR) is 41.6 cm³/mol. The molecular formula is C7H7BF3KO. The standard InChI is InChI=1S/C7H7BF3O.K/c1-5-3-2-4-6(7(5)12)8(9,10)11;/h2-4,12H,1H3;/q-1;+1. The molecule has 0 spiro atoms. The van der Waals surface area contributed by atoms with E-state index in [1.165, 1.54) is 19.1 Å².